The number of Topliss-reactive ketones (excluding diaryl/α,β-unsaturated/α-hetero) is 1. The standard InChI is InChI=1S/C35H60N6O8Si2/c1-22(42)13-18-28(43)47-24-16-14-23(15-17-24)40(8)33(45)39-32-37-30-29(31(44)38-32)36-21-41(30)27-19-25(49-51(11,12)35(5,6)7)26(48-27)20-46-50(9,10)34(2,3)4/h21,23-27H,13-20H2,1-12H3,(H2,37,38,39,44,45)/t23?,24?,25-,26+,27+/m0/s1. The van der Waals surface area contributed by atoms with Crippen LogP contribution in [0.2, 0.25) is 36.3 Å². The Morgan fingerprint density at radius 3 is 2.24 bits per heavy atom. The number of anilines is 1. The summed E-state index contributed by atoms with van der Waals surface area (Å²) >= 11 is 0. The van der Waals surface area contributed by atoms with E-state index in [0.717, 1.165) is 0 Å². The molecule has 2 aliphatic rings. The van der Waals surface area contributed by atoms with Crippen LogP contribution in [0.5, 0.6) is 0 Å². The van der Waals surface area contributed by atoms with Gasteiger partial charge in [0.2, 0.25) is 5.95 Å². The first kappa shape index (κ1) is 40.8. The number of fused-ring (bicyclic) bond motifs is 1. The van der Waals surface area contributed by atoms with Crippen molar-refractivity contribution in [3.05, 3.63) is 16.7 Å². The predicted molar refractivity (Wildman–Crippen MR) is 201 cm³/mol. The Balaban J connectivity index is 1.47. The molecule has 0 spiro atoms. The summed E-state index contributed by atoms with van der Waals surface area (Å²) in [5.74, 6) is -0.420. The number of esters is 1. The molecule has 0 unspecified atom stereocenters. The van der Waals surface area contributed by atoms with Crippen LogP contribution in [0.3, 0.4) is 0 Å². The highest BCUT2D eigenvalue weighted by atomic mass is 28.4. The van der Waals surface area contributed by atoms with E-state index >= 15 is 0 Å². The smallest absolute Gasteiger partial charge is 0.324 e. The van der Waals surface area contributed by atoms with E-state index in [0.29, 0.717) is 44.4 Å². The predicted octanol–water partition coefficient (Wildman–Crippen LogP) is 6.51. The number of hydrogen-bond donors (Lipinski definition) is 2. The maximum atomic E-state index is 13.3. The van der Waals surface area contributed by atoms with E-state index in [9.17, 15) is 19.2 Å². The third-order valence-corrected chi connectivity index (χ3v) is 20.3. The van der Waals surface area contributed by atoms with Crippen molar-refractivity contribution in [3.8, 4) is 0 Å². The number of carbonyl (C=O) groups is 3. The normalized spacial score (nSPS) is 23.3. The molecular formula is C35H60N6O8Si2. The van der Waals surface area contributed by atoms with E-state index in [-0.39, 0.29) is 70.5 Å². The zero-order valence-electron chi connectivity index (χ0n) is 32.7. The molecule has 1 saturated heterocycles. The zero-order valence-corrected chi connectivity index (χ0v) is 34.7. The number of carbonyl (C=O) groups excluding carboxylic acids is 3. The molecule has 2 aromatic heterocycles. The van der Waals surface area contributed by atoms with Crippen molar-refractivity contribution in [2.45, 2.75) is 160 Å². The van der Waals surface area contributed by atoms with Crippen molar-refractivity contribution < 1.29 is 32.7 Å². The maximum absolute atomic E-state index is 13.3. The number of ketones is 1. The van der Waals surface area contributed by atoms with E-state index in [1.807, 2.05) is 0 Å². The Morgan fingerprint density at radius 2 is 1.65 bits per heavy atom. The lowest BCUT2D eigenvalue weighted by atomic mass is 9.92. The lowest BCUT2D eigenvalue weighted by Gasteiger charge is -2.40. The Labute approximate surface area is 304 Å². The van der Waals surface area contributed by atoms with Crippen LogP contribution in [-0.4, -0.2) is 96.8 Å². The summed E-state index contributed by atoms with van der Waals surface area (Å²) in [6.07, 6.45) is 3.53. The van der Waals surface area contributed by atoms with Gasteiger partial charge in [-0.25, -0.2) is 9.78 Å². The highest BCUT2D eigenvalue weighted by Crippen LogP contribution is 2.43. The number of rotatable bonds is 12. The van der Waals surface area contributed by atoms with E-state index < -0.39 is 34.5 Å². The summed E-state index contributed by atoms with van der Waals surface area (Å²) in [6, 6.07) is -0.512. The van der Waals surface area contributed by atoms with Gasteiger partial charge in [-0.15, -0.1) is 0 Å². The number of nitrogens with one attached hydrogen (secondary N) is 2. The van der Waals surface area contributed by atoms with E-state index in [1.54, 1.807) is 22.8 Å². The van der Waals surface area contributed by atoms with Gasteiger partial charge < -0.3 is 28.0 Å². The van der Waals surface area contributed by atoms with Crippen molar-refractivity contribution in [1.82, 2.24) is 24.4 Å². The summed E-state index contributed by atoms with van der Waals surface area (Å²) in [5, 5.41) is 2.78. The van der Waals surface area contributed by atoms with Gasteiger partial charge in [0, 0.05) is 25.9 Å². The van der Waals surface area contributed by atoms with Crippen LogP contribution in [0.25, 0.3) is 11.2 Å². The van der Waals surface area contributed by atoms with Gasteiger partial charge in [0.15, 0.2) is 27.8 Å². The number of urea groups is 1. The molecule has 0 aromatic carbocycles. The van der Waals surface area contributed by atoms with Crippen molar-refractivity contribution >= 4 is 51.5 Å². The second-order valence-corrected chi connectivity index (χ2v) is 26.8. The number of imidazole rings is 1. The monoisotopic (exact) mass is 748 g/mol. The number of aromatic amines is 1. The summed E-state index contributed by atoms with van der Waals surface area (Å²) in [4.78, 5) is 63.0. The lowest BCUT2D eigenvalue weighted by Crippen LogP contribution is -2.48. The van der Waals surface area contributed by atoms with Gasteiger partial charge in [-0.1, -0.05) is 41.5 Å². The Kier molecular flexibility index (Phi) is 12.5. The van der Waals surface area contributed by atoms with E-state index in [1.165, 1.54) is 6.92 Å². The van der Waals surface area contributed by atoms with Gasteiger partial charge in [0.05, 0.1) is 25.5 Å². The molecule has 14 nitrogen and oxygen atoms in total. The van der Waals surface area contributed by atoms with Crippen LogP contribution in [-0.2, 0) is 27.9 Å². The van der Waals surface area contributed by atoms with Gasteiger partial charge in [-0.05, 0) is 68.9 Å². The molecular weight excluding hydrogens is 689 g/mol. The summed E-state index contributed by atoms with van der Waals surface area (Å²) in [6.45, 7) is 24.0. The summed E-state index contributed by atoms with van der Waals surface area (Å²) < 4.78 is 27.5. The van der Waals surface area contributed by atoms with Gasteiger partial charge in [0.25, 0.3) is 5.56 Å². The highest BCUT2D eigenvalue weighted by Gasteiger charge is 2.47. The van der Waals surface area contributed by atoms with Crippen molar-refractivity contribution in [2.75, 3.05) is 19.0 Å². The SMILES string of the molecule is CC(=O)CCC(=O)OC1CCC(N(C)C(=O)Nc2nc3c(ncn3[C@H]3C[C@H](O[Si](C)(C)C(C)(C)C)[C@@H](CO[Si](C)(C)C(C)(C)C)O3)c(=O)[nH]2)CC1. The summed E-state index contributed by atoms with van der Waals surface area (Å²) in [7, 11) is -2.56. The number of ether oxygens (including phenoxy) is 2. The number of amides is 2. The molecule has 2 amide bonds. The lowest BCUT2D eigenvalue weighted by molar-refractivity contribution is -0.151. The molecule has 1 aliphatic heterocycles. The molecule has 1 aliphatic carbocycles. The molecule has 2 aromatic rings. The second-order valence-electron chi connectivity index (χ2n) is 17.3. The zero-order chi connectivity index (χ0) is 38.1. The quantitative estimate of drug-likeness (QED) is 0.181. The maximum Gasteiger partial charge on any atom is 0.324 e. The first-order chi connectivity index (χ1) is 23.5. The van der Waals surface area contributed by atoms with Crippen LogP contribution in [0.15, 0.2) is 11.1 Å². The van der Waals surface area contributed by atoms with Gasteiger partial charge >= 0.3 is 12.0 Å². The van der Waals surface area contributed by atoms with Gasteiger partial charge in [-0.3, -0.25) is 24.5 Å². The van der Waals surface area contributed by atoms with Gasteiger partial charge in [-0.2, -0.15) is 4.98 Å². The van der Waals surface area contributed by atoms with Crippen LogP contribution in [0.4, 0.5) is 10.7 Å². The average molecular weight is 749 g/mol. The molecule has 16 heteroatoms. The van der Waals surface area contributed by atoms with Crippen molar-refractivity contribution in [2.24, 2.45) is 0 Å². The minimum Gasteiger partial charge on any atom is -0.462 e. The molecule has 286 valence electrons. The minimum atomic E-state index is -2.18. The topological polar surface area (TPSA) is 167 Å². The fraction of sp³-hybridized carbons (Fsp3) is 0.771. The molecule has 51 heavy (non-hydrogen) atoms. The van der Waals surface area contributed by atoms with Crippen LogP contribution in [0.1, 0.15) is 99.6 Å². The first-order valence-electron chi connectivity index (χ1n) is 18.2. The molecule has 0 radical (unpaired) electrons. The minimum absolute atomic E-state index is 0.00377. The number of hydrogen-bond acceptors (Lipinski definition) is 10. The van der Waals surface area contributed by atoms with Crippen molar-refractivity contribution in [1.29, 1.82) is 0 Å². The van der Waals surface area contributed by atoms with Crippen LogP contribution < -0.4 is 10.9 Å². The Morgan fingerprint density at radius 1 is 1.02 bits per heavy atom. The molecule has 3 atom stereocenters. The van der Waals surface area contributed by atoms with Crippen LogP contribution in [0, 0.1) is 0 Å². The molecule has 4 rings (SSSR count). The highest BCUT2D eigenvalue weighted by molar-refractivity contribution is 6.74. The summed E-state index contributed by atoms with van der Waals surface area (Å²) in [5.41, 5.74) is -0.0384. The second kappa shape index (κ2) is 15.6. The average Bonchev–Trinajstić information content (AvgIpc) is 3.61. The fourth-order valence-electron chi connectivity index (χ4n) is 5.83. The van der Waals surface area contributed by atoms with E-state index in [4.69, 9.17) is 18.3 Å². The first-order valence-corrected chi connectivity index (χ1v) is 24.0. The largest absolute Gasteiger partial charge is 0.462 e. The number of nitrogens with zero attached hydrogens (tertiary/aromatic N) is 4. The number of H-pyrrole nitrogens is 1. The molecule has 3 heterocycles. The Hall–Kier alpha value is -2.93. The number of aromatic nitrogens is 4. The third-order valence-electron chi connectivity index (χ3n) is 11.3. The van der Waals surface area contributed by atoms with Gasteiger partial charge in [0.1, 0.15) is 24.2 Å². The Bertz CT molecular complexity index is 1620. The van der Waals surface area contributed by atoms with Crippen molar-refractivity contribution in [3.63, 3.8) is 0 Å². The molecule has 2 fully saturated rings. The van der Waals surface area contributed by atoms with Crippen LogP contribution >= 0.6 is 0 Å². The molecule has 1 saturated carbocycles. The fourth-order valence-corrected chi connectivity index (χ4v) is 8.20. The third kappa shape index (κ3) is 9.94. The molecule has 2 N–H and O–H groups in total. The van der Waals surface area contributed by atoms with E-state index in [2.05, 4.69) is 88.0 Å². The molecule has 0 bridgehead atoms.